The molecule has 2 N–H and O–H groups in total. The van der Waals surface area contributed by atoms with Crippen LogP contribution in [0, 0.1) is 0 Å². The van der Waals surface area contributed by atoms with Gasteiger partial charge >= 0.3 is 12.2 Å². The van der Waals surface area contributed by atoms with Gasteiger partial charge in [0.1, 0.15) is 12.2 Å². The number of anilines is 2. The number of benzene rings is 4. The van der Waals surface area contributed by atoms with Crippen molar-refractivity contribution in [3.8, 4) is 22.3 Å². The second-order valence-corrected chi connectivity index (χ2v) is 12.7. The van der Waals surface area contributed by atoms with E-state index in [9.17, 15) is 9.59 Å². The van der Waals surface area contributed by atoms with Gasteiger partial charge in [-0.15, -0.1) is 0 Å². The Kier molecular flexibility index (Phi) is 11.7. The largest absolute Gasteiger partial charge is 0.446 e. The normalized spacial score (nSPS) is 16.2. The Morgan fingerprint density at radius 3 is 1.27 bits per heavy atom. The van der Waals surface area contributed by atoms with Crippen LogP contribution in [0.4, 0.5) is 21.0 Å². The summed E-state index contributed by atoms with van der Waals surface area (Å²) in [5.41, 5.74) is 5.59. The van der Waals surface area contributed by atoms with Crippen LogP contribution < -0.4 is 10.6 Å². The summed E-state index contributed by atoms with van der Waals surface area (Å²) in [6, 6.07) is 35.7. The maximum atomic E-state index is 12.7. The molecule has 0 spiro atoms. The number of nitrogens with zero attached hydrogens (tertiary/aromatic N) is 2. The Bertz CT molecular complexity index is 1480. The molecular weight excluding hydrogens is 600 g/mol. The van der Waals surface area contributed by atoms with Crippen LogP contribution in [-0.4, -0.2) is 73.5 Å². The molecule has 2 aliphatic heterocycles. The van der Waals surface area contributed by atoms with Crippen LogP contribution >= 0.6 is 0 Å². The number of rotatable bonds is 11. The van der Waals surface area contributed by atoms with Gasteiger partial charge in [0.05, 0.1) is 11.4 Å². The number of para-hydroxylation sites is 2. The van der Waals surface area contributed by atoms with E-state index in [1.807, 2.05) is 109 Å². The van der Waals surface area contributed by atoms with Gasteiger partial charge in [0.15, 0.2) is 0 Å². The summed E-state index contributed by atoms with van der Waals surface area (Å²) < 4.78 is 11.6. The van der Waals surface area contributed by atoms with Gasteiger partial charge < -0.3 is 19.3 Å². The third kappa shape index (κ3) is 9.46. The van der Waals surface area contributed by atoms with E-state index in [1.54, 1.807) is 0 Å². The predicted octanol–water partition coefficient (Wildman–Crippen LogP) is 8.53. The number of likely N-dealkylation sites (tertiary alicyclic amines) is 2. The van der Waals surface area contributed by atoms with Crippen molar-refractivity contribution in [3.05, 3.63) is 109 Å². The molecule has 0 saturated carbocycles. The molecule has 6 rings (SSSR count). The summed E-state index contributed by atoms with van der Waals surface area (Å²) in [6.45, 7) is 5.90. The van der Waals surface area contributed by atoms with Gasteiger partial charge in [0, 0.05) is 37.3 Å². The molecule has 48 heavy (non-hydrogen) atoms. The Hall–Kier alpha value is -4.66. The van der Waals surface area contributed by atoms with Crippen molar-refractivity contribution >= 4 is 23.6 Å². The smallest absolute Gasteiger partial charge is 0.411 e. The van der Waals surface area contributed by atoms with Crippen molar-refractivity contribution in [1.82, 2.24) is 9.80 Å². The molecule has 4 aromatic rings. The maximum Gasteiger partial charge on any atom is 0.411 e. The molecule has 2 heterocycles. The molecule has 0 radical (unpaired) electrons. The molecule has 0 atom stereocenters. The molecule has 4 aromatic carbocycles. The summed E-state index contributed by atoms with van der Waals surface area (Å²) in [5.74, 6) is 0. The molecule has 8 heteroatoms. The van der Waals surface area contributed by atoms with Crippen molar-refractivity contribution in [2.75, 3.05) is 49.9 Å². The number of ether oxygens (including phenoxy) is 2. The Morgan fingerprint density at radius 1 is 0.521 bits per heavy atom. The standard InChI is InChI=1S/C40H46N4O4/c45-39(41-37-19-9-7-17-35(37)31-13-3-1-4-14-31)47-33-21-27-43(28-22-33)25-11-12-26-44-29-23-34(24-30-44)48-40(46)42-38-20-10-8-18-36(38)32-15-5-2-6-16-32/h1-10,13-20,33-34H,11-12,21-30H2,(H,41,45)(H,42,46). The van der Waals surface area contributed by atoms with Gasteiger partial charge in [-0.1, -0.05) is 97.1 Å². The van der Waals surface area contributed by atoms with Gasteiger partial charge in [-0.3, -0.25) is 10.6 Å². The number of hydrogen-bond donors (Lipinski definition) is 2. The Balaban J connectivity index is 0.836. The Morgan fingerprint density at radius 2 is 0.875 bits per heavy atom. The second kappa shape index (κ2) is 16.9. The fraction of sp³-hybridized carbons (Fsp3) is 0.350. The first kappa shape index (κ1) is 33.2. The topological polar surface area (TPSA) is 83.1 Å². The zero-order chi connectivity index (χ0) is 33.0. The average molecular weight is 647 g/mol. The molecule has 2 saturated heterocycles. The molecule has 0 bridgehead atoms. The van der Waals surface area contributed by atoms with E-state index in [4.69, 9.17) is 9.47 Å². The quantitative estimate of drug-likeness (QED) is 0.159. The van der Waals surface area contributed by atoms with Crippen LogP contribution in [0.5, 0.6) is 0 Å². The minimum Gasteiger partial charge on any atom is -0.446 e. The summed E-state index contributed by atoms with van der Waals surface area (Å²) >= 11 is 0. The highest BCUT2D eigenvalue weighted by molar-refractivity contribution is 5.92. The maximum absolute atomic E-state index is 12.7. The van der Waals surface area contributed by atoms with E-state index in [-0.39, 0.29) is 24.4 Å². The minimum atomic E-state index is -0.389. The highest BCUT2D eigenvalue weighted by Gasteiger charge is 2.24. The van der Waals surface area contributed by atoms with Crippen LogP contribution in [0.15, 0.2) is 109 Å². The Labute approximate surface area is 284 Å². The molecule has 2 amide bonds. The van der Waals surface area contributed by atoms with Crippen LogP contribution in [0.3, 0.4) is 0 Å². The molecule has 2 fully saturated rings. The lowest BCUT2D eigenvalue weighted by molar-refractivity contribution is 0.0538. The SMILES string of the molecule is O=C(Nc1ccccc1-c1ccccc1)OC1CCN(CCCCN2CCC(OC(=O)Nc3ccccc3-c3ccccc3)CC2)CC1. The summed E-state index contributed by atoms with van der Waals surface area (Å²) in [6.07, 6.45) is 4.80. The zero-order valence-electron chi connectivity index (χ0n) is 27.6. The monoisotopic (exact) mass is 646 g/mol. The average Bonchev–Trinajstić information content (AvgIpc) is 3.12. The lowest BCUT2D eigenvalue weighted by Gasteiger charge is -2.33. The number of nitrogens with one attached hydrogen (secondary N) is 2. The predicted molar refractivity (Wildman–Crippen MR) is 192 cm³/mol. The molecular formula is C40H46N4O4. The van der Waals surface area contributed by atoms with Gasteiger partial charge in [0.25, 0.3) is 0 Å². The van der Waals surface area contributed by atoms with Gasteiger partial charge in [-0.2, -0.15) is 0 Å². The minimum absolute atomic E-state index is 0.0608. The lowest BCUT2D eigenvalue weighted by Crippen LogP contribution is -2.40. The van der Waals surface area contributed by atoms with E-state index < -0.39 is 0 Å². The van der Waals surface area contributed by atoms with Crippen LogP contribution in [-0.2, 0) is 9.47 Å². The molecule has 0 aliphatic carbocycles. The number of carbonyl (C=O) groups is 2. The van der Waals surface area contributed by atoms with Crippen molar-refractivity contribution in [2.24, 2.45) is 0 Å². The molecule has 0 unspecified atom stereocenters. The number of unbranched alkanes of at least 4 members (excludes halogenated alkanes) is 1. The van der Waals surface area contributed by atoms with E-state index in [0.717, 1.165) is 111 Å². The van der Waals surface area contributed by atoms with Crippen molar-refractivity contribution < 1.29 is 19.1 Å². The number of carbonyl (C=O) groups excluding carboxylic acids is 2. The fourth-order valence-electron chi connectivity index (χ4n) is 6.68. The van der Waals surface area contributed by atoms with Gasteiger partial charge in [-0.05, 0) is 74.9 Å². The summed E-state index contributed by atoms with van der Waals surface area (Å²) in [5, 5.41) is 5.93. The van der Waals surface area contributed by atoms with Crippen LogP contribution in [0.2, 0.25) is 0 Å². The van der Waals surface area contributed by atoms with E-state index in [2.05, 4.69) is 20.4 Å². The van der Waals surface area contributed by atoms with Crippen molar-refractivity contribution in [3.63, 3.8) is 0 Å². The summed E-state index contributed by atoms with van der Waals surface area (Å²) in [7, 11) is 0. The second-order valence-electron chi connectivity index (χ2n) is 12.7. The third-order valence-corrected chi connectivity index (χ3v) is 9.31. The summed E-state index contributed by atoms with van der Waals surface area (Å²) in [4.78, 5) is 30.4. The number of hydrogen-bond acceptors (Lipinski definition) is 6. The zero-order valence-corrected chi connectivity index (χ0v) is 27.6. The highest BCUT2D eigenvalue weighted by Crippen LogP contribution is 2.29. The first-order chi connectivity index (χ1) is 23.6. The van der Waals surface area contributed by atoms with Crippen LogP contribution in [0.25, 0.3) is 22.3 Å². The third-order valence-electron chi connectivity index (χ3n) is 9.31. The highest BCUT2D eigenvalue weighted by atomic mass is 16.6. The molecule has 8 nitrogen and oxygen atoms in total. The van der Waals surface area contributed by atoms with Crippen molar-refractivity contribution in [1.29, 1.82) is 0 Å². The number of piperidine rings is 2. The van der Waals surface area contributed by atoms with E-state index in [0.29, 0.717) is 0 Å². The van der Waals surface area contributed by atoms with E-state index in [1.165, 1.54) is 0 Å². The lowest BCUT2D eigenvalue weighted by atomic mass is 10.0. The fourth-order valence-corrected chi connectivity index (χ4v) is 6.68. The molecule has 250 valence electrons. The van der Waals surface area contributed by atoms with Crippen molar-refractivity contribution in [2.45, 2.75) is 50.7 Å². The van der Waals surface area contributed by atoms with Gasteiger partial charge in [-0.25, -0.2) is 9.59 Å². The molecule has 2 aliphatic rings. The van der Waals surface area contributed by atoms with Crippen LogP contribution in [0.1, 0.15) is 38.5 Å². The van der Waals surface area contributed by atoms with Gasteiger partial charge in [0.2, 0.25) is 0 Å². The van der Waals surface area contributed by atoms with E-state index >= 15 is 0 Å². The molecule has 0 aromatic heterocycles. The number of amides is 2. The first-order valence-electron chi connectivity index (χ1n) is 17.3. The first-order valence-corrected chi connectivity index (χ1v) is 17.3.